The summed E-state index contributed by atoms with van der Waals surface area (Å²) in [4.78, 5) is 2.12. The highest BCUT2D eigenvalue weighted by Crippen LogP contribution is 2.11. The molecule has 2 rings (SSSR count). The maximum atomic E-state index is 7.80. The van der Waals surface area contributed by atoms with E-state index < -0.39 is 0 Å². The van der Waals surface area contributed by atoms with Gasteiger partial charge in [0.25, 0.3) is 0 Å². The fourth-order valence-electron chi connectivity index (χ4n) is 1.93. The average Bonchev–Trinajstić information content (AvgIpc) is 2.33. The van der Waals surface area contributed by atoms with Crippen LogP contribution in [0.4, 0.5) is 0 Å². The molecule has 0 aromatic heterocycles. The first-order valence-electron chi connectivity index (χ1n) is 5.86. The van der Waals surface area contributed by atoms with Crippen LogP contribution in [0.1, 0.15) is 19.3 Å². The monoisotopic (exact) mass is 218 g/mol. The number of hydrogen-bond donors (Lipinski definition) is 1. The van der Waals surface area contributed by atoms with Gasteiger partial charge in [0.1, 0.15) is 12.4 Å². The van der Waals surface area contributed by atoms with Crippen LogP contribution in [0.2, 0.25) is 0 Å². The molecule has 16 heavy (non-hydrogen) atoms. The molecule has 1 fully saturated rings. The zero-order valence-corrected chi connectivity index (χ0v) is 9.48. The second kappa shape index (κ2) is 5.54. The second-order valence-corrected chi connectivity index (χ2v) is 4.05. The molecule has 0 spiro atoms. The number of hydrogen-bond acceptors (Lipinski definition) is 2. The van der Waals surface area contributed by atoms with E-state index in [-0.39, 0.29) is 0 Å². The fourth-order valence-corrected chi connectivity index (χ4v) is 1.93. The minimum Gasteiger partial charge on any atom is -0.492 e. The number of para-hydroxylation sites is 1. The van der Waals surface area contributed by atoms with E-state index in [0.717, 1.165) is 37.5 Å². The highest BCUT2D eigenvalue weighted by molar-refractivity contribution is 5.79. The summed E-state index contributed by atoms with van der Waals surface area (Å²) in [5.74, 6) is 1.67. The van der Waals surface area contributed by atoms with Crippen LogP contribution in [-0.2, 0) is 0 Å². The fraction of sp³-hybridized carbons (Fsp3) is 0.462. The molecule has 1 N–H and O–H groups in total. The zero-order chi connectivity index (χ0) is 11.2. The van der Waals surface area contributed by atoms with Gasteiger partial charge in [0.2, 0.25) is 0 Å². The van der Waals surface area contributed by atoms with Gasteiger partial charge in [-0.2, -0.15) is 0 Å². The van der Waals surface area contributed by atoms with Crippen LogP contribution < -0.4 is 4.74 Å². The summed E-state index contributed by atoms with van der Waals surface area (Å²) in [5.41, 5.74) is 0. The number of piperidine rings is 1. The van der Waals surface area contributed by atoms with Gasteiger partial charge in [0.05, 0.1) is 12.4 Å². The summed E-state index contributed by atoms with van der Waals surface area (Å²) >= 11 is 0. The Morgan fingerprint density at radius 1 is 1.19 bits per heavy atom. The molecule has 0 radical (unpaired) electrons. The summed E-state index contributed by atoms with van der Waals surface area (Å²) < 4.78 is 5.62. The maximum absolute atomic E-state index is 7.80. The number of ether oxygens (including phenoxy) is 1. The second-order valence-electron chi connectivity index (χ2n) is 4.05. The molecule has 1 heterocycles. The van der Waals surface area contributed by atoms with Crippen molar-refractivity contribution in [2.24, 2.45) is 0 Å². The predicted molar refractivity (Wildman–Crippen MR) is 65.1 cm³/mol. The Hall–Kier alpha value is -1.51. The molecule has 1 aliphatic heterocycles. The summed E-state index contributed by atoms with van der Waals surface area (Å²) in [5, 5.41) is 7.80. The molecule has 0 atom stereocenters. The third-order valence-corrected chi connectivity index (χ3v) is 2.85. The predicted octanol–water partition coefficient (Wildman–Crippen LogP) is 2.53. The normalized spacial score (nSPS) is 16.2. The van der Waals surface area contributed by atoms with Gasteiger partial charge >= 0.3 is 0 Å². The Balaban J connectivity index is 1.73. The van der Waals surface area contributed by atoms with Crippen LogP contribution in [-0.4, -0.2) is 30.4 Å². The lowest BCUT2D eigenvalue weighted by Gasteiger charge is -2.29. The molecule has 0 bridgehead atoms. The van der Waals surface area contributed by atoms with E-state index in [1.165, 1.54) is 6.42 Å². The first kappa shape index (κ1) is 11.0. The largest absolute Gasteiger partial charge is 0.492 e. The molecular formula is C13H18N2O. The van der Waals surface area contributed by atoms with Gasteiger partial charge in [-0.3, -0.25) is 5.41 Å². The van der Waals surface area contributed by atoms with Crippen molar-refractivity contribution < 1.29 is 4.74 Å². The standard InChI is InChI=1S/C13H18N2O/c14-13-8-4-5-9-15(13)10-11-16-12-6-2-1-3-7-12/h1-3,6-7,14H,4-5,8-11H2. The molecule has 1 saturated heterocycles. The summed E-state index contributed by atoms with van der Waals surface area (Å²) in [6, 6.07) is 9.84. The Morgan fingerprint density at radius 3 is 2.75 bits per heavy atom. The number of nitrogens with zero attached hydrogens (tertiary/aromatic N) is 1. The van der Waals surface area contributed by atoms with Crippen LogP contribution in [0.25, 0.3) is 0 Å². The van der Waals surface area contributed by atoms with Gasteiger partial charge < -0.3 is 9.64 Å². The van der Waals surface area contributed by atoms with Crippen LogP contribution in [0, 0.1) is 5.41 Å². The average molecular weight is 218 g/mol. The molecule has 1 aromatic carbocycles. The minimum absolute atomic E-state index is 0.659. The maximum Gasteiger partial charge on any atom is 0.119 e. The van der Waals surface area contributed by atoms with Crippen LogP contribution in [0.3, 0.4) is 0 Å². The van der Waals surface area contributed by atoms with Gasteiger partial charge in [0.15, 0.2) is 0 Å². The Morgan fingerprint density at radius 2 is 2.00 bits per heavy atom. The molecule has 1 aromatic rings. The van der Waals surface area contributed by atoms with E-state index >= 15 is 0 Å². The number of amidine groups is 1. The van der Waals surface area contributed by atoms with E-state index in [0.29, 0.717) is 6.61 Å². The lowest BCUT2D eigenvalue weighted by Crippen LogP contribution is -2.37. The van der Waals surface area contributed by atoms with Gasteiger partial charge in [-0.1, -0.05) is 18.2 Å². The Kier molecular flexibility index (Phi) is 3.81. The van der Waals surface area contributed by atoms with Crippen molar-refractivity contribution >= 4 is 5.84 Å². The van der Waals surface area contributed by atoms with E-state index in [1.807, 2.05) is 30.3 Å². The van der Waals surface area contributed by atoms with Crippen LogP contribution in [0.15, 0.2) is 30.3 Å². The van der Waals surface area contributed by atoms with Crippen molar-refractivity contribution in [2.45, 2.75) is 19.3 Å². The third-order valence-electron chi connectivity index (χ3n) is 2.85. The molecular weight excluding hydrogens is 200 g/mol. The molecule has 0 amide bonds. The molecule has 1 aliphatic rings. The number of nitrogens with one attached hydrogen (secondary N) is 1. The Bertz CT molecular complexity index is 337. The van der Waals surface area contributed by atoms with Gasteiger partial charge in [0, 0.05) is 13.0 Å². The van der Waals surface area contributed by atoms with Crippen molar-refractivity contribution in [3.05, 3.63) is 30.3 Å². The SMILES string of the molecule is N=C1CCCCN1CCOc1ccccc1. The van der Waals surface area contributed by atoms with Crippen molar-refractivity contribution in [3.63, 3.8) is 0 Å². The summed E-state index contributed by atoms with van der Waals surface area (Å²) in [7, 11) is 0. The van der Waals surface area contributed by atoms with Crippen molar-refractivity contribution in [3.8, 4) is 5.75 Å². The van der Waals surface area contributed by atoms with E-state index in [4.69, 9.17) is 10.1 Å². The first-order valence-corrected chi connectivity index (χ1v) is 5.86. The third kappa shape index (κ3) is 2.99. The summed E-state index contributed by atoms with van der Waals surface area (Å²) in [6.45, 7) is 2.50. The molecule has 86 valence electrons. The van der Waals surface area contributed by atoms with Gasteiger partial charge in [-0.15, -0.1) is 0 Å². The van der Waals surface area contributed by atoms with Crippen molar-refractivity contribution in [1.29, 1.82) is 5.41 Å². The number of likely N-dealkylation sites (tertiary alicyclic amines) is 1. The quantitative estimate of drug-likeness (QED) is 0.843. The highest BCUT2D eigenvalue weighted by Gasteiger charge is 2.13. The summed E-state index contributed by atoms with van der Waals surface area (Å²) in [6.07, 6.45) is 3.29. The minimum atomic E-state index is 0.659. The van der Waals surface area contributed by atoms with E-state index in [1.54, 1.807) is 0 Å². The molecule has 0 unspecified atom stereocenters. The first-order chi connectivity index (χ1) is 7.86. The topological polar surface area (TPSA) is 36.3 Å². The zero-order valence-electron chi connectivity index (χ0n) is 9.48. The molecule has 3 heteroatoms. The molecule has 0 aliphatic carbocycles. The van der Waals surface area contributed by atoms with Gasteiger partial charge in [-0.25, -0.2) is 0 Å². The molecule has 0 saturated carbocycles. The van der Waals surface area contributed by atoms with E-state index in [9.17, 15) is 0 Å². The van der Waals surface area contributed by atoms with Crippen LogP contribution >= 0.6 is 0 Å². The lowest BCUT2D eigenvalue weighted by atomic mass is 10.1. The Labute approximate surface area is 96.5 Å². The van der Waals surface area contributed by atoms with Crippen molar-refractivity contribution in [2.75, 3.05) is 19.7 Å². The van der Waals surface area contributed by atoms with Crippen molar-refractivity contribution in [1.82, 2.24) is 4.90 Å². The smallest absolute Gasteiger partial charge is 0.119 e. The molecule has 3 nitrogen and oxygen atoms in total. The van der Waals surface area contributed by atoms with Gasteiger partial charge in [-0.05, 0) is 25.0 Å². The highest BCUT2D eigenvalue weighted by atomic mass is 16.5. The van der Waals surface area contributed by atoms with E-state index in [2.05, 4.69) is 4.90 Å². The number of benzene rings is 1. The lowest BCUT2D eigenvalue weighted by molar-refractivity contribution is 0.256. The van der Waals surface area contributed by atoms with Crippen LogP contribution in [0.5, 0.6) is 5.75 Å². The number of rotatable bonds is 4.